The number of hydrogen-bond donors (Lipinski definition) is 2. The Morgan fingerprint density at radius 1 is 1.37 bits per heavy atom. The first kappa shape index (κ1) is 14.1. The number of hydrogen-bond acceptors (Lipinski definition) is 3. The van der Waals surface area contributed by atoms with E-state index in [9.17, 15) is 4.79 Å². The molecule has 0 saturated carbocycles. The van der Waals surface area contributed by atoms with Crippen LogP contribution in [-0.2, 0) is 4.79 Å². The Morgan fingerprint density at radius 3 is 2.63 bits per heavy atom. The first-order valence-electron chi connectivity index (χ1n) is 5.76. The summed E-state index contributed by atoms with van der Waals surface area (Å²) in [5.41, 5.74) is 2.46. The molecular formula is C13H14BrN3OS. The molecule has 0 fully saturated rings. The molecule has 0 aliphatic rings. The smallest absolute Gasteiger partial charge is 0.234 e. The van der Waals surface area contributed by atoms with Gasteiger partial charge >= 0.3 is 0 Å². The van der Waals surface area contributed by atoms with Crippen LogP contribution in [0, 0.1) is 13.8 Å². The molecule has 1 aromatic carbocycles. The monoisotopic (exact) mass is 339 g/mol. The van der Waals surface area contributed by atoms with E-state index >= 15 is 0 Å². The van der Waals surface area contributed by atoms with Gasteiger partial charge in [-0.1, -0.05) is 15.9 Å². The number of halogens is 1. The molecule has 0 bridgehead atoms. The molecule has 0 spiro atoms. The summed E-state index contributed by atoms with van der Waals surface area (Å²) in [5, 5.41) is 9.77. The minimum Gasteiger partial charge on any atom is -0.322 e. The Kier molecular flexibility index (Phi) is 4.66. The number of H-pyrrole nitrogens is 1. The molecule has 1 aromatic heterocycles. The van der Waals surface area contributed by atoms with Crippen LogP contribution in [-0.4, -0.2) is 21.9 Å². The van der Waals surface area contributed by atoms with E-state index in [-0.39, 0.29) is 5.91 Å². The molecule has 6 heteroatoms. The molecule has 1 heterocycles. The van der Waals surface area contributed by atoms with E-state index in [1.807, 2.05) is 38.1 Å². The van der Waals surface area contributed by atoms with E-state index in [2.05, 4.69) is 31.4 Å². The third-order valence-corrected chi connectivity index (χ3v) is 4.12. The van der Waals surface area contributed by atoms with E-state index < -0.39 is 0 Å². The molecule has 2 N–H and O–H groups in total. The van der Waals surface area contributed by atoms with Gasteiger partial charge in [0.2, 0.25) is 5.91 Å². The third kappa shape index (κ3) is 3.84. The maximum absolute atomic E-state index is 11.9. The number of thioether (sulfide) groups is 1. The minimum absolute atomic E-state index is 0.0273. The lowest BCUT2D eigenvalue weighted by Gasteiger charge is -2.05. The van der Waals surface area contributed by atoms with E-state index in [4.69, 9.17) is 0 Å². The van der Waals surface area contributed by atoms with Crippen LogP contribution in [0.5, 0.6) is 0 Å². The normalized spacial score (nSPS) is 10.5. The largest absolute Gasteiger partial charge is 0.322 e. The molecule has 100 valence electrons. The van der Waals surface area contributed by atoms with E-state index in [1.165, 1.54) is 11.8 Å². The van der Waals surface area contributed by atoms with Gasteiger partial charge < -0.3 is 5.32 Å². The maximum Gasteiger partial charge on any atom is 0.234 e. The predicted molar refractivity (Wildman–Crippen MR) is 81.6 cm³/mol. The number of aromatic nitrogens is 2. The zero-order valence-electron chi connectivity index (χ0n) is 10.7. The van der Waals surface area contributed by atoms with Gasteiger partial charge in [0, 0.05) is 9.37 Å². The van der Waals surface area contributed by atoms with Crippen molar-refractivity contribution in [2.75, 3.05) is 11.1 Å². The van der Waals surface area contributed by atoms with Crippen molar-refractivity contribution in [1.29, 1.82) is 0 Å². The standard InChI is InChI=1S/C13H14BrN3OS/c1-8-13(9(2)17-16-8)15-12(18)7-19-11-5-3-10(14)4-6-11/h3-6H,7H2,1-2H3,(H,15,18)(H,16,17). The first-order valence-corrected chi connectivity index (χ1v) is 7.54. The van der Waals surface area contributed by atoms with E-state index in [0.29, 0.717) is 5.75 Å². The van der Waals surface area contributed by atoms with Crippen LogP contribution in [0.25, 0.3) is 0 Å². The van der Waals surface area contributed by atoms with Gasteiger partial charge in [0.05, 0.1) is 22.8 Å². The number of anilines is 1. The van der Waals surface area contributed by atoms with Crippen molar-refractivity contribution < 1.29 is 4.79 Å². The topological polar surface area (TPSA) is 57.8 Å². The van der Waals surface area contributed by atoms with E-state index in [1.54, 1.807) is 0 Å². The first-order chi connectivity index (χ1) is 9.06. The SMILES string of the molecule is Cc1n[nH]c(C)c1NC(=O)CSc1ccc(Br)cc1. The van der Waals surface area contributed by atoms with Crippen molar-refractivity contribution in [3.05, 3.63) is 40.1 Å². The van der Waals surface area contributed by atoms with E-state index in [0.717, 1.165) is 26.4 Å². The zero-order valence-corrected chi connectivity index (χ0v) is 13.1. The van der Waals surface area contributed by atoms with Gasteiger partial charge in [0.1, 0.15) is 0 Å². The van der Waals surface area contributed by atoms with Crippen LogP contribution in [0.2, 0.25) is 0 Å². The van der Waals surface area contributed by atoms with Crippen molar-refractivity contribution in [2.45, 2.75) is 18.7 Å². The van der Waals surface area contributed by atoms with Crippen LogP contribution in [0.4, 0.5) is 5.69 Å². The number of carbonyl (C=O) groups excluding carboxylic acids is 1. The van der Waals surface area contributed by atoms with Crippen LogP contribution in [0.1, 0.15) is 11.4 Å². The Labute approximate surface area is 124 Å². The highest BCUT2D eigenvalue weighted by molar-refractivity contribution is 9.10. The molecule has 0 aliphatic heterocycles. The molecule has 4 nitrogen and oxygen atoms in total. The summed E-state index contributed by atoms with van der Waals surface area (Å²) in [7, 11) is 0. The average Bonchev–Trinajstić information content (AvgIpc) is 2.70. The highest BCUT2D eigenvalue weighted by Gasteiger charge is 2.10. The van der Waals surface area contributed by atoms with Crippen molar-refractivity contribution in [1.82, 2.24) is 10.2 Å². The Bertz CT molecular complexity index is 561. The molecule has 2 aromatic rings. The number of nitrogens with zero attached hydrogens (tertiary/aromatic N) is 1. The van der Waals surface area contributed by atoms with Crippen molar-refractivity contribution in [3.8, 4) is 0 Å². The summed E-state index contributed by atoms with van der Waals surface area (Å²) in [4.78, 5) is 12.9. The van der Waals surface area contributed by atoms with Gasteiger partial charge in [-0.3, -0.25) is 9.89 Å². The van der Waals surface area contributed by atoms with Crippen LogP contribution in [0.15, 0.2) is 33.6 Å². The Balaban J connectivity index is 1.90. The molecule has 1 amide bonds. The number of benzene rings is 1. The lowest BCUT2D eigenvalue weighted by atomic mass is 10.3. The average molecular weight is 340 g/mol. The highest BCUT2D eigenvalue weighted by atomic mass is 79.9. The molecule has 2 rings (SSSR count). The summed E-state index contributed by atoms with van der Waals surface area (Å²) >= 11 is 4.89. The lowest BCUT2D eigenvalue weighted by molar-refractivity contribution is -0.113. The molecule has 0 saturated heterocycles. The number of aromatic amines is 1. The maximum atomic E-state index is 11.9. The van der Waals surface area contributed by atoms with Gasteiger partial charge in [-0.05, 0) is 38.1 Å². The molecule has 19 heavy (non-hydrogen) atoms. The second kappa shape index (κ2) is 6.25. The van der Waals surface area contributed by atoms with Gasteiger partial charge in [0.25, 0.3) is 0 Å². The van der Waals surface area contributed by atoms with Gasteiger partial charge in [-0.25, -0.2) is 0 Å². The summed E-state index contributed by atoms with van der Waals surface area (Å²) in [6.07, 6.45) is 0. The molecule has 0 atom stereocenters. The van der Waals surface area contributed by atoms with Gasteiger partial charge in [-0.2, -0.15) is 5.10 Å². The molecule has 0 radical (unpaired) electrons. The lowest BCUT2D eigenvalue weighted by Crippen LogP contribution is -2.14. The van der Waals surface area contributed by atoms with Crippen molar-refractivity contribution >= 4 is 39.3 Å². The Hall–Kier alpha value is -1.27. The van der Waals surface area contributed by atoms with Crippen molar-refractivity contribution in [2.24, 2.45) is 0 Å². The summed E-state index contributed by atoms with van der Waals surface area (Å²) in [6.45, 7) is 3.75. The van der Waals surface area contributed by atoms with Crippen LogP contribution >= 0.6 is 27.7 Å². The highest BCUT2D eigenvalue weighted by Crippen LogP contribution is 2.21. The summed E-state index contributed by atoms with van der Waals surface area (Å²) in [6, 6.07) is 7.89. The minimum atomic E-state index is -0.0273. The number of aryl methyl sites for hydroxylation is 2. The number of nitrogens with one attached hydrogen (secondary N) is 2. The van der Waals surface area contributed by atoms with Crippen molar-refractivity contribution in [3.63, 3.8) is 0 Å². The molecule has 0 unspecified atom stereocenters. The number of amides is 1. The summed E-state index contributed by atoms with van der Waals surface area (Å²) < 4.78 is 1.03. The quantitative estimate of drug-likeness (QED) is 0.838. The van der Waals surface area contributed by atoms with Crippen LogP contribution < -0.4 is 5.32 Å². The third-order valence-electron chi connectivity index (χ3n) is 2.58. The summed E-state index contributed by atoms with van der Waals surface area (Å²) in [5.74, 6) is 0.353. The fourth-order valence-electron chi connectivity index (χ4n) is 1.59. The predicted octanol–water partition coefficient (Wildman–Crippen LogP) is 3.52. The fraction of sp³-hybridized carbons (Fsp3) is 0.231. The zero-order chi connectivity index (χ0) is 13.8. The second-order valence-electron chi connectivity index (χ2n) is 4.10. The van der Waals surface area contributed by atoms with Crippen LogP contribution in [0.3, 0.4) is 0 Å². The number of carbonyl (C=O) groups is 1. The molecular weight excluding hydrogens is 326 g/mol. The second-order valence-corrected chi connectivity index (χ2v) is 6.06. The van der Waals surface area contributed by atoms with Gasteiger partial charge in [-0.15, -0.1) is 11.8 Å². The Morgan fingerprint density at radius 2 is 2.05 bits per heavy atom. The van der Waals surface area contributed by atoms with Gasteiger partial charge in [0.15, 0.2) is 0 Å². The number of rotatable bonds is 4. The fourth-order valence-corrected chi connectivity index (χ4v) is 2.55. The molecule has 0 aliphatic carbocycles.